The maximum atomic E-state index is 13.2. The summed E-state index contributed by atoms with van der Waals surface area (Å²) in [5, 5.41) is 0. The molecule has 2 aliphatic rings. The minimum absolute atomic E-state index is 0.0296. The van der Waals surface area contributed by atoms with Gasteiger partial charge >= 0.3 is 0 Å². The van der Waals surface area contributed by atoms with Gasteiger partial charge in [-0.15, -0.1) is 0 Å². The van der Waals surface area contributed by atoms with Gasteiger partial charge in [-0.25, -0.2) is 0 Å². The summed E-state index contributed by atoms with van der Waals surface area (Å²) in [5.41, 5.74) is 0.566. The lowest BCUT2D eigenvalue weighted by molar-refractivity contribution is -0.132. The number of carbonyl (C=O) groups excluding carboxylic acids is 2. The topological polar surface area (TPSA) is 62.3 Å². The van der Waals surface area contributed by atoms with E-state index in [2.05, 4.69) is 4.90 Å². The fourth-order valence-corrected chi connectivity index (χ4v) is 4.49. The Labute approximate surface area is 202 Å². The lowest BCUT2D eigenvalue weighted by atomic mass is 10.1. The highest BCUT2D eigenvalue weighted by molar-refractivity contribution is 5.97. The van der Waals surface area contributed by atoms with Crippen molar-refractivity contribution in [2.45, 2.75) is 25.7 Å². The van der Waals surface area contributed by atoms with Crippen molar-refractivity contribution in [2.75, 3.05) is 59.0 Å². The molecule has 2 heterocycles. The summed E-state index contributed by atoms with van der Waals surface area (Å²) < 4.78 is 11.6. The molecule has 182 valence electrons. The Bertz CT molecular complexity index is 920. The van der Waals surface area contributed by atoms with Crippen molar-refractivity contribution in [1.82, 2.24) is 14.7 Å². The molecule has 34 heavy (non-hydrogen) atoms. The van der Waals surface area contributed by atoms with Crippen LogP contribution in [-0.4, -0.2) is 85.5 Å². The van der Waals surface area contributed by atoms with Gasteiger partial charge in [-0.3, -0.25) is 14.5 Å². The number of hydrogen-bond donors (Lipinski definition) is 0. The minimum Gasteiger partial charge on any atom is -0.490 e. The van der Waals surface area contributed by atoms with Gasteiger partial charge in [0.1, 0.15) is 24.7 Å². The van der Waals surface area contributed by atoms with Crippen LogP contribution in [0.2, 0.25) is 0 Å². The molecule has 2 aromatic rings. The standard InChI is InChI=1S/C27H35N3O4/c31-26(29-14-8-1-2-9-15-29)22-28-16-18-30(19-17-28)27(32)24-12-6-7-13-25(24)34-21-20-33-23-10-4-3-5-11-23/h3-7,10-13H,1-2,8-9,14-22H2. The van der Waals surface area contributed by atoms with E-state index in [-0.39, 0.29) is 11.8 Å². The summed E-state index contributed by atoms with van der Waals surface area (Å²) in [7, 11) is 0. The summed E-state index contributed by atoms with van der Waals surface area (Å²) in [6, 6.07) is 17.0. The van der Waals surface area contributed by atoms with Crippen LogP contribution >= 0.6 is 0 Å². The molecule has 0 aromatic heterocycles. The first-order chi connectivity index (χ1) is 16.7. The lowest BCUT2D eigenvalue weighted by Gasteiger charge is -2.35. The van der Waals surface area contributed by atoms with Crippen LogP contribution in [0.25, 0.3) is 0 Å². The largest absolute Gasteiger partial charge is 0.490 e. The third kappa shape index (κ3) is 6.73. The van der Waals surface area contributed by atoms with Crippen molar-refractivity contribution < 1.29 is 19.1 Å². The summed E-state index contributed by atoms with van der Waals surface area (Å²) in [6.07, 6.45) is 4.65. The Morgan fingerprint density at radius 3 is 2.06 bits per heavy atom. The number of nitrogens with zero attached hydrogens (tertiary/aromatic N) is 3. The monoisotopic (exact) mass is 465 g/mol. The third-order valence-corrected chi connectivity index (χ3v) is 6.45. The molecule has 7 heteroatoms. The number of ether oxygens (including phenoxy) is 2. The molecule has 2 aliphatic heterocycles. The number of carbonyl (C=O) groups is 2. The van der Waals surface area contributed by atoms with E-state index in [1.807, 2.05) is 64.4 Å². The summed E-state index contributed by atoms with van der Waals surface area (Å²) in [4.78, 5) is 31.9. The van der Waals surface area contributed by atoms with Crippen LogP contribution in [0.5, 0.6) is 11.5 Å². The minimum atomic E-state index is -0.0296. The second-order valence-corrected chi connectivity index (χ2v) is 8.87. The van der Waals surface area contributed by atoms with Crippen LogP contribution in [0.15, 0.2) is 54.6 Å². The maximum Gasteiger partial charge on any atom is 0.257 e. The van der Waals surface area contributed by atoms with Crippen LogP contribution in [0, 0.1) is 0 Å². The number of benzene rings is 2. The predicted molar refractivity (Wildman–Crippen MR) is 131 cm³/mol. The quantitative estimate of drug-likeness (QED) is 0.560. The summed E-state index contributed by atoms with van der Waals surface area (Å²) in [6.45, 7) is 5.59. The van der Waals surface area contributed by atoms with Crippen molar-refractivity contribution in [2.24, 2.45) is 0 Å². The lowest BCUT2D eigenvalue weighted by Crippen LogP contribution is -2.51. The van der Waals surface area contributed by atoms with Crippen molar-refractivity contribution >= 4 is 11.8 Å². The first-order valence-corrected chi connectivity index (χ1v) is 12.4. The van der Waals surface area contributed by atoms with Crippen molar-refractivity contribution in [3.8, 4) is 11.5 Å². The van der Waals surface area contributed by atoms with Crippen molar-refractivity contribution in [1.29, 1.82) is 0 Å². The van der Waals surface area contributed by atoms with Gasteiger partial charge in [-0.2, -0.15) is 0 Å². The molecule has 0 radical (unpaired) electrons. The number of rotatable bonds is 8. The van der Waals surface area contributed by atoms with Crippen molar-refractivity contribution in [3.05, 3.63) is 60.2 Å². The fraction of sp³-hybridized carbons (Fsp3) is 0.481. The first-order valence-electron chi connectivity index (χ1n) is 12.4. The molecule has 0 N–H and O–H groups in total. The average Bonchev–Trinajstić information content (AvgIpc) is 3.17. The predicted octanol–water partition coefficient (Wildman–Crippen LogP) is 3.30. The third-order valence-electron chi connectivity index (χ3n) is 6.45. The second-order valence-electron chi connectivity index (χ2n) is 8.87. The SMILES string of the molecule is O=C(CN1CCN(C(=O)c2ccccc2OCCOc2ccccc2)CC1)N1CCCCCC1. The smallest absolute Gasteiger partial charge is 0.257 e. The van der Waals surface area contributed by atoms with Gasteiger partial charge in [0.05, 0.1) is 12.1 Å². The molecular weight excluding hydrogens is 430 g/mol. The Morgan fingerprint density at radius 2 is 1.32 bits per heavy atom. The molecule has 0 atom stereocenters. The number of piperazine rings is 1. The van der Waals surface area contributed by atoms with E-state index in [9.17, 15) is 9.59 Å². The van der Waals surface area contributed by atoms with Crippen molar-refractivity contribution in [3.63, 3.8) is 0 Å². The number of likely N-dealkylation sites (tertiary alicyclic amines) is 1. The Kier molecular flexibility index (Phi) is 8.79. The van der Waals surface area contributed by atoms with Gasteiger partial charge in [0, 0.05) is 39.3 Å². The molecule has 0 bridgehead atoms. The van der Waals surface area contributed by atoms with Gasteiger partial charge < -0.3 is 19.3 Å². The van der Waals surface area contributed by atoms with E-state index in [1.165, 1.54) is 12.8 Å². The van der Waals surface area contributed by atoms with E-state index in [0.29, 0.717) is 57.3 Å². The van der Waals surface area contributed by atoms with Crippen LogP contribution in [0.4, 0.5) is 0 Å². The molecule has 0 saturated carbocycles. The van der Waals surface area contributed by atoms with E-state index < -0.39 is 0 Å². The summed E-state index contributed by atoms with van der Waals surface area (Å²) >= 11 is 0. The highest BCUT2D eigenvalue weighted by Gasteiger charge is 2.26. The van der Waals surface area contributed by atoms with Gasteiger partial charge in [0.15, 0.2) is 0 Å². The van der Waals surface area contributed by atoms with E-state index in [0.717, 1.165) is 31.7 Å². The zero-order chi connectivity index (χ0) is 23.6. The van der Waals surface area contributed by atoms with E-state index >= 15 is 0 Å². The van der Waals surface area contributed by atoms with Gasteiger partial charge in [0.2, 0.25) is 5.91 Å². The first kappa shape index (κ1) is 24.1. The molecule has 2 fully saturated rings. The number of para-hydroxylation sites is 2. The van der Waals surface area contributed by atoms with Gasteiger partial charge in [-0.05, 0) is 37.1 Å². The zero-order valence-electron chi connectivity index (χ0n) is 19.9. The Balaban J connectivity index is 1.24. The molecule has 0 unspecified atom stereocenters. The Morgan fingerprint density at radius 1 is 0.676 bits per heavy atom. The van der Waals surface area contributed by atoms with Crippen LogP contribution < -0.4 is 9.47 Å². The number of amides is 2. The fourth-order valence-electron chi connectivity index (χ4n) is 4.49. The molecule has 7 nitrogen and oxygen atoms in total. The van der Waals surface area contributed by atoms with E-state index in [4.69, 9.17) is 9.47 Å². The molecule has 0 aliphatic carbocycles. The molecule has 2 amide bonds. The average molecular weight is 466 g/mol. The number of hydrogen-bond acceptors (Lipinski definition) is 5. The van der Waals surface area contributed by atoms with Crippen LogP contribution in [0.1, 0.15) is 36.0 Å². The normalized spacial score (nSPS) is 17.2. The Hall–Kier alpha value is -3.06. The molecule has 2 saturated heterocycles. The second kappa shape index (κ2) is 12.4. The molecular formula is C27H35N3O4. The zero-order valence-corrected chi connectivity index (χ0v) is 19.9. The highest BCUT2D eigenvalue weighted by Crippen LogP contribution is 2.21. The van der Waals surface area contributed by atoms with E-state index in [1.54, 1.807) is 0 Å². The van der Waals surface area contributed by atoms with Crippen LogP contribution in [0.3, 0.4) is 0 Å². The van der Waals surface area contributed by atoms with Gasteiger partial charge in [0.25, 0.3) is 5.91 Å². The summed E-state index contributed by atoms with van der Waals surface area (Å²) in [5.74, 6) is 1.56. The molecule has 4 rings (SSSR count). The van der Waals surface area contributed by atoms with Gasteiger partial charge in [-0.1, -0.05) is 43.2 Å². The molecule has 2 aromatic carbocycles. The molecule has 0 spiro atoms. The van der Waals surface area contributed by atoms with Crippen LogP contribution in [-0.2, 0) is 4.79 Å². The highest BCUT2D eigenvalue weighted by atomic mass is 16.5. The maximum absolute atomic E-state index is 13.2.